The molecule has 0 saturated carbocycles. The highest BCUT2D eigenvalue weighted by atomic mass is 32.1. The van der Waals surface area contributed by atoms with Crippen LogP contribution in [0, 0.1) is 0 Å². The van der Waals surface area contributed by atoms with Crippen LogP contribution < -0.4 is 0 Å². The van der Waals surface area contributed by atoms with E-state index >= 15 is 0 Å². The first kappa shape index (κ1) is 67.2. The summed E-state index contributed by atoms with van der Waals surface area (Å²) in [4.78, 5) is 10.5. The van der Waals surface area contributed by atoms with Crippen LogP contribution in [0.5, 0.6) is 0 Å². The van der Waals surface area contributed by atoms with Crippen LogP contribution in [-0.4, -0.2) is 18.7 Å². The number of para-hydroxylation sites is 2. The van der Waals surface area contributed by atoms with E-state index in [1.807, 2.05) is 0 Å². The van der Waals surface area contributed by atoms with Crippen LogP contribution >= 0.6 is 11.7 Å². The number of hydrogen-bond donors (Lipinski definition) is 0. The van der Waals surface area contributed by atoms with Crippen molar-refractivity contribution < 1.29 is 0 Å². The van der Waals surface area contributed by atoms with E-state index in [1.165, 1.54) is 198 Å². The maximum atomic E-state index is 5.27. The van der Waals surface area contributed by atoms with Crippen molar-refractivity contribution in [3.05, 3.63) is 275 Å². The third-order valence-corrected chi connectivity index (χ3v) is 22.9. The third-order valence-electron chi connectivity index (χ3n) is 22.4. The van der Waals surface area contributed by atoms with Crippen LogP contribution in [0.3, 0.4) is 0 Å². The number of aromatic nitrogens is 4. The summed E-state index contributed by atoms with van der Waals surface area (Å²) in [6.07, 6.45) is 33.1. The van der Waals surface area contributed by atoms with Gasteiger partial charge in [-0.3, -0.25) is 0 Å². The maximum absolute atomic E-state index is 5.27. The molecule has 101 heavy (non-hydrogen) atoms. The molecule has 504 valence electrons. The summed E-state index contributed by atoms with van der Waals surface area (Å²) in [5.74, 6) is 0. The van der Waals surface area contributed by atoms with Crippen LogP contribution in [0.4, 0.5) is 0 Å². The number of fused-ring (bicyclic) bond motifs is 9. The average Bonchev–Trinajstić information content (AvgIpc) is 1.57. The first-order valence-electron chi connectivity index (χ1n) is 38.1. The van der Waals surface area contributed by atoms with E-state index in [-0.39, 0.29) is 10.8 Å². The molecule has 0 radical (unpaired) electrons. The van der Waals surface area contributed by atoms with Gasteiger partial charge in [-0.15, -0.1) is 0 Å². The second kappa shape index (κ2) is 30.7. The molecule has 0 saturated heterocycles. The highest BCUT2D eigenvalue weighted by molar-refractivity contribution is 7.00. The van der Waals surface area contributed by atoms with Crippen LogP contribution in [0.1, 0.15) is 201 Å². The van der Waals surface area contributed by atoms with Gasteiger partial charge in [0.25, 0.3) is 0 Å². The smallest absolute Gasteiger partial charge is 0.113 e. The van der Waals surface area contributed by atoms with Gasteiger partial charge in [-0.1, -0.05) is 312 Å². The van der Waals surface area contributed by atoms with Crippen molar-refractivity contribution in [3.8, 4) is 77.9 Å². The number of hydrogen-bond acceptors (Lipinski definition) is 5. The van der Waals surface area contributed by atoms with Gasteiger partial charge in [-0.05, 0) is 199 Å². The van der Waals surface area contributed by atoms with E-state index in [1.54, 1.807) is 0 Å². The number of nitrogens with zero attached hydrogens (tertiary/aromatic N) is 4. The highest BCUT2D eigenvalue weighted by Gasteiger charge is 2.45. The molecule has 0 unspecified atom stereocenters. The van der Waals surface area contributed by atoms with Crippen molar-refractivity contribution in [1.82, 2.24) is 18.7 Å². The minimum Gasteiger partial charge on any atom is -0.248 e. The number of rotatable bonds is 29. The zero-order chi connectivity index (χ0) is 68.5. The Hall–Kier alpha value is -9.68. The molecule has 15 rings (SSSR count). The van der Waals surface area contributed by atoms with Gasteiger partial charge >= 0.3 is 0 Å². The largest absolute Gasteiger partial charge is 0.248 e. The molecule has 0 spiro atoms. The lowest BCUT2D eigenvalue weighted by atomic mass is 9.69. The average molecular weight is 1340 g/mol. The second-order valence-corrected chi connectivity index (χ2v) is 29.4. The SMILES string of the molecule is CCCCCCC1(CCCCCC)c2cc(-c3ccccc3)ccc2-c2ccc(-c3cc(/C=C/c4ccc5ccccc5n4)c(-c4ccc5c(c4)C(CCCCCC)(CCCCCC)c4cc(-c6ccc(-c7ccccc7)c7nsnc67)ccc4-5)cc3/C=C/c3ccc4ccccc4n3)cc21. The molecule has 4 nitrogen and oxygen atoms in total. The lowest BCUT2D eigenvalue weighted by Crippen LogP contribution is -2.25. The molecule has 13 aromatic rings. The molecular formula is C96H94N4S. The maximum Gasteiger partial charge on any atom is 0.113 e. The number of pyridine rings is 2. The zero-order valence-electron chi connectivity index (χ0n) is 59.6. The third kappa shape index (κ3) is 13.6. The molecule has 5 heteroatoms. The standard InChI is InChI=1S/C96H94N4S/c1-5-9-13-27-57-95(58-28-14-10-6-2)87-63-71(67-31-19-17-20-32-67)43-51-81(87)83-53-45-75(65-89(83)95)85-61-73(42-50-78-48-40-70-36-24-26-38-92(70)98-78)86(62-72(85)41-49-77-47-39-69-35-23-25-37-91(69)97-77)76-46-54-84-82-52-44-74(80-56-55-79(68-33-21-18-22-34-68)93-94(80)100-101-99-93)64-88(82)96(90(84)66-76,59-29-15-11-7-3)60-30-16-12-8-4/h17-26,31-56,61-66H,5-16,27-30,57-60H2,1-4H3/b49-41+,50-42+. The summed E-state index contributed by atoms with van der Waals surface area (Å²) >= 11 is 1.32. The minimum atomic E-state index is -0.208. The van der Waals surface area contributed by atoms with E-state index in [9.17, 15) is 0 Å². The van der Waals surface area contributed by atoms with Gasteiger partial charge in [-0.25, -0.2) is 9.97 Å². The summed E-state index contributed by atoms with van der Waals surface area (Å²) in [5, 5.41) is 2.28. The minimum absolute atomic E-state index is 0.137. The van der Waals surface area contributed by atoms with Crippen molar-refractivity contribution in [1.29, 1.82) is 0 Å². The summed E-state index contributed by atoms with van der Waals surface area (Å²) in [6.45, 7) is 9.37. The molecule has 2 aliphatic carbocycles. The van der Waals surface area contributed by atoms with E-state index in [2.05, 4.69) is 283 Å². The fourth-order valence-corrected chi connectivity index (χ4v) is 17.7. The van der Waals surface area contributed by atoms with Gasteiger partial charge in [-0.2, -0.15) is 8.75 Å². The Morgan fingerprint density at radius 3 is 1.04 bits per heavy atom. The molecule has 0 atom stereocenters. The second-order valence-electron chi connectivity index (χ2n) is 28.9. The summed E-state index contributed by atoms with van der Waals surface area (Å²) < 4.78 is 10.0. The van der Waals surface area contributed by atoms with E-state index in [0.717, 1.165) is 97.7 Å². The van der Waals surface area contributed by atoms with Crippen molar-refractivity contribution in [2.24, 2.45) is 0 Å². The Bertz CT molecular complexity index is 5120. The molecule has 10 aromatic carbocycles. The highest BCUT2D eigenvalue weighted by Crippen LogP contribution is 2.58. The van der Waals surface area contributed by atoms with Gasteiger partial charge < -0.3 is 0 Å². The number of benzene rings is 10. The first-order chi connectivity index (χ1) is 49.9. The Morgan fingerprint density at radius 1 is 0.277 bits per heavy atom. The zero-order valence-corrected chi connectivity index (χ0v) is 60.4. The molecule has 0 amide bonds. The predicted octanol–water partition coefficient (Wildman–Crippen LogP) is 27.9. The summed E-state index contributed by atoms with van der Waals surface area (Å²) in [6, 6.07) is 87.1. The van der Waals surface area contributed by atoms with Crippen molar-refractivity contribution in [3.63, 3.8) is 0 Å². The van der Waals surface area contributed by atoms with Crippen molar-refractivity contribution >= 4 is 68.9 Å². The van der Waals surface area contributed by atoms with Crippen molar-refractivity contribution in [2.75, 3.05) is 0 Å². The van der Waals surface area contributed by atoms with E-state index in [0.29, 0.717) is 0 Å². The van der Waals surface area contributed by atoms with Crippen LogP contribution in [-0.2, 0) is 10.8 Å². The van der Waals surface area contributed by atoms with E-state index < -0.39 is 0 Å². The normalized spacial score (nSPS) is 13.4. The van der Waals surface area contributed by atoms with Gasteiger partial charge in [0.15, 0.2) is 0 Å². The Morgan fingerprint density at radius 2 is 0.624 bits per heavy atom. The van der Waals surface area contributed by atoms with Gasteiger partial charge in [0.2, 0.25) is 0 Å². The fourth-order valence-electron chi connectivity index (χ4n) is 17.1. The molecule has 3 heterocycles. The molecule has 2 aliphatic rings. The monoisotopic (exact) mass is 1330 g/mol. The van der Waals surface area contributed by atoms with Crippen LogP contribution in [0.15, 0.2) is 231 Å². The van der Waals surface area contributed by atoms with Gasteiger partial charge in [0, 0.05) is 32.7 Å². The number of unbranched alkanes of at least 4 members (excludes halogenated alkanes) is 12. The van der Waals surface area contributed by atoms with Crippen molar-refractivity contribution in [2.45, 2.75) is 167 Å². The molecule has 0 fully saturated rings. The first-order valence-corrected chi connectivity index (χ1v) is 38.8. The molecule has 0 aliphatic heterocycles. The molecule has 0 N–H and O–H groups in total. The predicted molar refractivity (Wildman–Crippen MR) is 433 cm³/mol. The molecule has 0 bridgehead atoms. The lowest BCUT2D eigenvalue weighted by Gasteiger charge is -2.34. The van der Waals surface area contributed by atoms with Gasteiger partial charge in [0.1, 0.15) is 11.0 Å². The van der Waals surface area contributed by atoms with Crippen LogP contribution in [0.25, 0.3) is 135 Å². The Balaban J connectivity index is 0.935. The summed E-state index contributed by atoms with van der Waals surface area (Å²) in [7, 11) is 0. The lowest BCUT2D eigenvalue weighted by molar-refractivity contribution is 0.401. The fraction of sp³-hybridized carbons (Fsp3) is 0.271. The topological polar surface area (TPSA) is 51.6 Å². The Kier molecular flexibility index (Phi) is 20.4. The Labute approximate surface area is 603 Å². The molecular weight excluding hydrogens is 1240 g/mol. The molecule has 3 aromatic heterocycles. The quantitative estimate of drug-likeness (QED) is 0.0439. The van der Waals surface area contributed by atoms with Crippen LogP contribution in [0.2, 0.25) is 0 Å². The van der Waals surface area contributed by atoms with E-state index in [4.69, 9.17) is 18.7 Å². The van der Waals surface area contributed by atoms with Gasteiger partial charge in [0.05, 0.1) is 34.1 Å². The summed E-state index contributed by atoms with van der Waals surface area (Å²) in [5.41, 5.74) is 31.3.